The molecule has 1 aromatic heterocycles. The number of rotatable bonds is 18. The van der Waals surface area contributed by atoms with Crippen LogP contribution in [0.4, 0.5) is 0 Å². The molecule has 1 heterocycles. The minimum atomic E-state index is 0.465. The van der Waals surface area contributed by atoms with Gasteiger partial charge in [0.25, 0.3) is 0 Å². The monoisotopic (exact) mass is 462 g/mol. The Labute approximate surface area is 210 Å². The van der Waals surface area contributed by atoms with Crippen molar-refractivity contribution >= 4 is 0 Å². The van der Waals surface area contributed by atoms with Gasteiger partial charge < -0.3 is 0 Å². The largest absolute Gasteiger partial charge is 0.241 e. The van der Waals surface area contributed by atoms with Crippen LogP contribution >= 0.6 is 0 Å². The smallest absolute Gasteiger partial charge is 0.131 e. The van der Waals surface area contributed by atoms with Gasteiger partial charge in [-0.05, 0) is 54.7 Å². The van der Waals surface area contributed by atoms with Crippen molar-refractivity contribution in [3.63, 3.8) is 0 Å². The van der Waals surface area contributed by atoms with Crippen molar-refractivity contribution in [2.75, 3.05) is 0 Å². The van der Waals surface area contributed by atoms with Gasteiger partial charge in [0, 0.05) is 18.3 Å². The third-order valence-corrected chi connectivity index (χ3v) is 7.91. The van der Waals surface area contributed by atoms with Crippen LogP contribution < -0.4 is 0 Å². The first-order chi connectivity index (χ1) is 16.8. The van der Waals surface area contributed by atoms with E-state index >= 15 is 0 Å². The molecular weight excluding hydrogens is 412 g/mol. The van der Waals surface area contributed by atoms with Crippen LogP contribution in [0.3, 0.4) is 0 Å². The Kier molecular flexibility index (Phi) is 12.7. The summed E-state index contributed by atoms with van der Waals surface area (Å²) in [5.74, 6) is 2.14. The second-order valence-corrected chi connectivity index (χ2v) is 10.7. The summed E-state index contributed by atoms with van der Waals surface area (Å²) in [5.41, 5.74) is 4.43. The highest BCUT2D eigenvalue weighted by Gasteiger charge is 2.31. The second-order valence-electron chi connectivity index (χ2n) is 10.7. The van der Waals surface area contributed by atoms with Gasteiger partial charge in [-0.1, -0.05) is 122 Å². The molecule has 0 fully saturated rings. The molecule has 188 valence electrons. The third-order valence-electron chi connectivity index (χ3n) is 7.91. The molecule has 1 aliphatic rings. The number of nitrogens with zero attached hydrogens (tertiary/aromatic N) is 2. The van der Waals surface area contributed by atoms with Crippen molar-refractivity contribution in [3.05, 3.63) is 59.2 Å². The average Bonchev–Trinajstić information content (AvgIpc) is 3.30. The Balaban J connectivity index is 1.49. The summed E-state index contributed by atoms with van der Waals surface area (Å²) in [4.78, 5) is 9.91. The van der Waals surface area contributed by atoms with E-state index in [2.05, 4.69) is 50.5 Å². The predicted molar refractivity (Wildman–Crippen MR) is 147 cm³/mol. The number of fused-ring (bicyclic) bond motifs is 1. The van der Waals surface area contributed by atoms with Crippen molar-refractivity contribution in [1.29, 1.82) is 0 Å². The predicted octanol–water partition coefficient (Wildman–Crippen LogP) is 9.72. The van der Waals surface area contributed by atoms with Gasteiger partial charge in [0.15, 0.2) is 0 Å². The summed E-state index contributed by atoms with van der Waals surface area (Å²) in [6, 6.07) is 9.08. The summed E-state index contributed by atoms with van der Waals surface area (Å²) in [5, 5.41) is 0. The Morgan fingerprint density at radius 3 is 2.00 bits per heavy atom. The normalized spacial score (nSPS) is 16.0. The fourth-order valence-corrected chi connectivity index (χ4v) is 5.81. The van der Waals surface area contributed by atoms with Crippen LogP contribution in [0, 0.1) is 0 Å². The van der Waals surface area contributed by atoms with Gasteiger partial charge in [-0.25, -0.2) is 9.97 Å². The minimum absolute atomic E-state index is 0.465. The lowest BCUT2D eigenvalue weighted by molar-refractivity contribution is 0.452. The zero-order chi connectivity index (χ0) is 23.8. The zero-order valence-corrected chi connectivity index (χ0v) is 22.2. The molecule has 0 N–H and O–H groups in total. The quantitative estimate of drug-likeness (QED) is 0.206. The molecule has 0 aliphatic heterocycles. The van der Waals surface area contributed by atoms with Crippen LogP contribution in [0.1, 0.15) is 151 Å². The molecule has 1 aromatic carbocycles. The number of benzene rings is 1. The highest BCUT2D eigenvalue weighted by molar-refractivity contribution is 5.37. The Morgan fingerprint density at radius 1 is 0.735 bits per heavy atom. The maximum Gasteiger partial charge on any atom is 0.131 e. The van der Waals surface area contributed by atoms with Crippen molar-refractivity contribution in [2.45, 2.75) is 141 Å². The fraction of sp³-hybridized carbons (Fsp3) is 0.688. The van der Waals surface area contributed by atoms with E-state index in [9.17, 15) is 0 Å². The number of hydrogen-bond acceptors (Lipinski definition) is 2. The molecule has 2 nitrogen and oxygen atoms in total. The molecule has 0 spiro atoms. The summed E-state index contributed by atoms with van der Waals surface area (Å²) >= 11 is 0. The molecule has 0 bridgehead atoms. The highest BCUT2D eigenvalue weighted by Crippen LogP contribution is 2.44. The summed E-state index contributed by atoms with van der Waals surface area (Å²) in [6.07, 6.45) is 28.2. The molecular formula is C32H50N2. The SMILES string of the molecule is CCCCCCCCCCCc1cnc(C(CCCCCCC)C2CCc3ccccc32)nc1. The number of hydrogen-bond donors (Lipinski definition) is 0. The van der Waals surface area contributed by atoms with E-state index in [1.807, 2.05) is 0 Å². The molecule has 1 aliphatic carbocycles. The minimum Gasteiger partial charge on any atom is -0.241 e. The lowest BCUT2D eigenvalue weighted by Crippen LogP contribution is -2.13. The van der Waals surface area contributed by atoms with Crippen molar-refractivity contribution < 1.29 is 0 Å². The van der Waals surface area contributed by atoms with Crippen molar-refractivity contribution in [3.8, 4) is 0 Å². The van der Waals surface area contributed by atoms with Gasteiger partial charge in [0.1, 0.15) is 5.82 Å². The van der Waals surface area contributed by atoms with Gasteiger partial charge in [-0.3, -0.25) is 0 Å². The van der Waals surface area contributed by atoms with E-state index < -0.39 is 0 Å². The van der Waals surface area contributed by atoms with Crippen LogP contribution in [0.25, 0.3) is 0 Å². The molecule has 2 atom stereocenters. The first kappa shape index (κ1) is 26.9. The number of aryl methyl sites for hydroxylation is 2. The Bertz CT molecular complexity index is 782. The summed E-state index contributed by atoms with van der Waals surface area (Å²) in [6.45, 7) is 4.58. The molecule has 2 unspecified atom stereocenters. The fourth-order valence-electron chi connectivity index (χ4n) is 5.81. The average molecular weight is 463 g/mol. The van der Waals surface area contributed by atoms with Crippen LogP contribution in [-0.4, -0.2) is 9.97 Å². The standard InChI is InChI=1S/C32H50N2/c1-3-5-7-9-10-11-12-14-15-19-27-25-33-32(34-26-27)31(22-16-13-8-6-4-2)30-24-23-28-20-17-18-21-29(28)30/h17-18,20-21,25-26,30-31H,3-16,19,22-24H2,1-2H3. The van der Waals surface area contributed by atoms with Gasteiger partial charge in [-0.15, -0.1) is 0 Å². The van der Waals surface area contributed by atoms with E-state index in [4.69, 9.17) is 9.97 Å². The van der Waals surface area contributed by atoms with Crippen LogP contribution in [0.15, 0.2) is 36.7 Å². The van der Waals surface area contributed by atoms with E-state index in [1.165, 1.54) is 115 Å². The zero-order valence-electron chi connectivity index (χ0n) is 22.2. The second kappa shape index (κ2) is 16.1. The molecule has 34 heavy (non-hydrogen) atoms. The topological polar surface area (TPSA) is 25.8 Å². The molecule has 2 heteroatoms. The van der Waals surface area contributed by atoms with Crippen LogP contribution in [-0.2, 0) is 12.8 Å². The van der Waals surface area contributed by atoms with Crippen molar-refractivity contribution in [2.24, 2.45) is 0 Å². The molecule has 0 amide bonds. The summed E-state index contributed by atoms with van der Waals surface area (Å²) in [7, 11) is 0. The van der Waals surface area contributed by atoms with Gasteiger partial charge >= 0.3 is 0 Å². The lowest BCUT2D eigenvalue weighted by Gasteiger charge is -2.23. The molecule has 0 saturated heterocycles. The van der Waals surface area contributed by atoms with E-state index in [0.29, 0.717) is 11.8 Å². The highest BCUT2D eigenvalue weighted by atomic mass is 14.9. The van der Waals surface area contributed by atoms with Crippen molar-refractivity contribution in [1.82, 2.24) is 9.97 Å². The lowest BCUT2D eigenvalue weighted by atomic mass is 9.83. The maximum atomic E-state index is 4.96. The van der Waals surface area contributed by atoms with Gasteiger partial charge in [0.05, 0.1) is 0 Å². The van der Waals surface area contributed by atoms with Gasteiger partial charge in [-0.2, -0.15) is 0 Å². The number of aromatic nitrogens is 2. The molecule has 0 saturated carbocycles. The number of unbranched alkanes of at least 4 members (excludes halogenated alkanes) is 12. The maximum absolute atomic E-state index is 4.96. The molecule has 3 rings (SSSR count). The van der Waals surface area contributed by atoms with E-state index in [0.717, 1.165) is 12.2 Å². The van der Waals surface area contributed by atoms with Crippen LogP contribution in [0.5, 0.6) is 0 Å². The molecule has 0 radical (unpaired) electrons. The Hall–Kier alpha value is -1.70. The van der Waals surface area contributed by atoms with E-state index in [-0.39, 0.29) is 0 Å². The first-order valence-electron chi connectivity index (χ1n) is 14.7. The first-order valence-corrected chi connectivity index (χ1v) is 14.7. The molecule has 2 aromatic rings. The Morgan fingerprint density at radius 2 is 1.32 bits per heavy atom. The van der Waals surface area contributed by atoms with Crippen LogP contribution in [0.2, 0.25) is 0 Å². The third kappa shape index (κ3) is 8.82. The summed E-state index contributed by atoms with van der Waals surface area (Å²) < 4.78 is 0. The van der Waals surface area contributed by atoms with Gasteiger partial charge in [0.2, 0.25) is 0 Å². The van der Waals surface area contributed by atoms with E-state index in [1.54, 1.807) is 11.1 Å².